The Hall–Kier alpha value is -1.73. The zero-order valence-electron chi connectivity index (χ0n) is 9.92. The molecule has 0 atom stereocenters. The molecule has 0 saturated carbocycles. The number of rotatable bonds is 2. The minimum atomic E-state index is 0.402. The number of anilines is 1. The predicted molar refractivity (Wildman–Crippen MR) is 77.7 cm³/mol. The van der Waals surface area contributed by atoms with E-state index in [1.54, 1.807) is 0 Å². The molecule has 0 aliphatic rings. The molecule has 19 heavy (non-hydrogen) atoms. The number of aryl methyl sites for hydroxylation is 1. The Kier molecular flexibility index (Phi) is 3.08. The van der Waals surface area contributed by atoms with Crippen molar-refractivity contribution >= 4 is 32.5 Å². The average Bonchev–Trinajstić information content (AvgIpc) is 2.97. The summed E-state index contributed by atoms with van der Waals surface area (Å²) in [6.07, 6.45) is 0. The first-order chi connectivity index (χ1) is 9.15. The van der Waals surface area contributed by atoms with Crippen molar-refractivity contribution in [2.75, 3.05) is 5.73 Å². The number of nitrogens with two attached hydrogens (primary N) is 1. The molecule has 96 valence electrons. The van der Waals surface area contributed by atoms with Gasteiger partial charge in [0.2, 0.25) is 5.82 Å². The number of aromatic nitrogens is 3. The zero-order valence-corrected chi connectivity index (χ0v) is 12.3. The molecule has 7 heteroatoms. The molecule has 2 aromatic heterocycles. The molecule has 1 aromatic carbocycles. The van der Waals surface area contributed by atoms with Crippen molar-refractivity contribution in [3.8, 4) is 22.8 Å². The van der Waals surface area contributed by atoms with Gasteiger partial charge in [-0.05, 0) is 30.6 Å². The highest BCUT2D eigenvalue weighted by Crippen LogP contribution is 2.32. The van der Waals surface area contributed by atoms with Gasteiger partial charge in [-0.15, -0.1) is 0 Å². The molecular weight excluding hydrogens is 328 g/mol. The number of nitrogen functional groups attached to an aromatic ring is 1. The Bertz CT molecular complexity index is 717. The van der Waals surface area contributed by atoms with Crippen LogP contribution in [-0.2, 0) is 0 Å². The van der Waals surface area contributed by atoms with Gasteiger partial charge in [0.1, 0.15) is 5.00 Å². The van der Waals surface area contributed by atoms with Gasteiger partial charge in [-0.2, -0.15) is 9.36 Å². The monoisotopic (exact) mass is 336 g/mol. The number of benzene rings is 1. The molecule has 0 radical (unpaired) electrons. The van der Waals surface area contributed by atoms with E-state index in [0.29, 0.717) is 16.7 Å². The third-order valence-corrected chi connectivity index (χ3v) is 3.87. The lowest BCUT2D eigenvalue weighted by Gasteiger charge is -1.94. The molecular formula is C12H9BrN4OS. The van der Waals surface area contributed by atoms with E-state index in [0.717, 1.165) is 21.3 Å². The highest BCUT2D eigenvalue weighted by Gasteiger charge is 2.18. The Balaban J connectivity index is 2.05. The smallest absolute Gasteiger partial charge is 0.263 e. The van der Waals surface area contributed by atoms with Crippen molar-refractivity contribution in [2.24, 2.45) is 0 Å². The second kappa shape index (κ2) is 4.75. The lowest BCUT2D eigenvalue weighted by Crippen LogP contribution is -1.86. The van der Waals surface area contributed by atoms with Gasteiger partial charge in [0, 0.05) is 10.0 Å². The third kappa shape index (κ3) is 2.26. The van der Waals surface area contributed by atoms with Crippen LogP contribution in [0.1, 0.15) is 5.69 Å². The number of nitrogens with zero attached hydrogens (tertiary/aromatic N) is 3. The van der Waals surface area contributed by atoms with E-state index in [2.05, 4.69) is 30.4 Å². The quantitative estimate of drug-likeness (QED) is 0.774. The highest BCUT2D eigenvalue weighted by molar-refractivity contribution is 9.10. The lowest BCUT2D eigenvalue weighted by atomic mass is 10.2. The number of hydrogen-bond donors (Lipinski definition) is 1. The van der Waals surface area contributed by atoms with E-state index in [1.165, 1.54) is 11.5 Å². The zero-order chi connectivity index (χ0) is 13.4. The van der Waals surface area contributed by atoms with E-state index < -0.39 is 0 Å². The molecule has 3 rings (SSSR count). The van der Waals surface area contributed by atoms with Crippen LogP contribution in [0.3, 0.4) is 0 Å². The summed E-state index contributed by atoms with van der Waals surface area (Å²) in [4.78, 5) is 4.37. The van der Waals surface area contributed by atoms with E-state index >= 15 is 0 Å². The Labute approximate surface area is 121 Å². The molecule has 0 saturated heterocycles. The fraction of sp³-hybridized carbons (Fsp3) is 0.0833. The maximum absolute atomic E-state index is 5.87. The van der Waals surface area contributed by atoms with Crippen LogP contribution in [0.2, 0.25) is 0 Å². The van der Waals surface area contributed by atoms with Crippen LogP contribution in [0.15, 0.2) is 33.3 Å². The first kappa shape index (κ1) is 12.3. The molecule has 0 bridgehead atoms. The molecule has 0 aliphatic carbocycles. The summed E-state index contributed by atoms with van der Waals surface area (Å²) in [6.45, 7) is 1.87. The van der Waals surface area contributed by atoms with E-state index in [9.17, 15) is 0 Å². The maximum atomic E-state index is 5.87. The minimum absolute atomic E-state index is 0.402. The minimum Gasteiger partial charge on any atom is -0.389 e. The van der Waals surface area contributed by atoms with Crippen LogP contribution in [0.4, 0.5) is 5.00 Å². The molecule has 0 fully saturated rings. The fourth-order valence-electron chi connectivity index (χ4n) is 1.72. The van der Waals surface area contributed by atoms with Gasteiger partial charge in [0.05, 0.1) is 11.3 Å². The largest absolute Gasteiger partial charge is 0.389 e. The van der Waals surface area contributed by atoms with Crippen LogP contribution in [0.5, 0.6) is 0 Å². The van der Waals surface area contributed by atoms with Crippen LogP contribution in [0, 0.1) is 6.92 Å². The number of hydrogen-bond acceptors (Lipinski definition) is 6. The first-order valence-corrected chi connectivity index (χ1v) is 7.03. The summed E-state index contributed by atoms with van der Waals surface area (Å²) in [5.41, 5.74) is 8.26. The maximum Gasteiger partial charge on any atom is 0.263 e. The molecule has 2 heterocycles. The van der Waals surface area contributed by atoms with Gasteiger partial charge < -0.3 is 10.3 Å². The van der Waals surface area contributed by atoms with Crippen molar-refractivity contribution in [3.05, 3.63) is 34.4 Å². The summed E-state index contributed by atoms with van der Waals surface area (Å²) in [5.74, 6) is 0.931. The van der Waals surface area contributed by atoms with Crippen molar-refractivity contribution in [3.63, 3.8) is 0 Å². The normalized spacial score (nSPS) is 10.8. The fourth-order valence-corrected chi connectivity index (χ4v) is 2.77. The third-order valence-electron chi connectivity index (χ3n) is 2.61. The van der Waals surface area contributed by atoms with E-state index in [1.807, 2.05) is 31.2 Å². The lowest BCUT2D eigenvalue weighted by molar-refractivity contribution is 0.432. The summed E-state index contributed by atoms with van der Waals surface area (Å²) in [7, 11) is 0. The summed E-state index contributed by atoms with van der Waals surface area (Å²) < 4.78 is 10.4. The predicted octanol–water partition coefficient (Wildman–Crippen LogP) is 3.51. The Morgan fingerprint density at radius 3 is 2.89 bits per heavy atom. The van der Waals surface area contributed by atoms with Gasteiger partial charge in [-0.1, -0.05) is 33.2 Å². The van der Waals surface area contributed by atoms with Gasteiger partial charge in [0.25, 0.3) is 5.89 Å². The summed E-state index contributed by atoms with van der Waals surface area (Å²) >= 11 is 4.64. The molecule has 0 spiro atoms. The second-order valence-electron chi connectivity index (χ2n) is 3.94. The van der Waals surface area contributed by atoms with Crippen molar-refractivity contribution in [1.29, 1.82) is 0 Å². The van der Waals surface area contributed by atoms with Crippen molar-refractivity contribution in [1.82, 2.24) is 14.5 Å². The first-order valence-electron chi connectivity index (χ1n) is 5.47. The summed E-state index contributed by atoms with van der Waals surface area (Å²) in [6, 6.07) is 7.70. The van der Waals surface area contributed by atoms with Gasteiger partial charge in [-0.25, -0.2) is 0 Å². The van der Waals surface area contributed by atoms with Gasteiger partial charge in [0.15, 0.2) is 0 Å². The second-order valence-corrected chi connectivity index (χ2v) is 5.66. The van der Waals surface area contributed by atoms with Crippen LogP contribution in [0.25, 0.3) is 22.8 Å². The van der Waals surface area contributed by atoms with E-state index in [-0.39, 0.29) is 0 Å². The van der Waals surface area contributed by atoms with Crippen molar-refractivity contribution in [2.45, 2.75) is 6.92 Å². The molecule has 5 nitrogen and oxygen atoms in total. The Morgan fingerprint density at radius 1 is 1.37 bits per heavy atom. The average molecular weight is 337 g/mol. The summed E-state index contributed by atoms with van der Waals surface area (Å²) in [5, 5.41) is 4.57. The standard InChI is InChI=1S/C12H9BrN4OS/c1-6-9(10(14)19-17-6)12-15-11(16-18-12)7-3-2-4-8(13)5-7/h2-5H,14H2,1H3. The van der Waals surface area contributed by atoms with Crippen LogP contribution < -0.4 is 5.73 Å². The van der Waals surface area contributed by atoms with Crippen molar-refractivity contribution < 1.29 is 4.52 Å². The van der Waals surface area contributed by atoms with Crippen LogP contribution in [-0.4, -0.2) is 14.5 Å². The number of halogens is 1. The van der Waals surface area contributed by atoms with Crippen LogP contribution >= 0.6 is 27.5 Å². The molecule has 0 unspecified atom stereocenters. The Morgan fingerprint density at radius 2 is 2.21 bits per heavy atom. The molecule has 2 N–H and O–H groups in total. The van der Waals surface area contributed by atoms with Gasteiger partial charge in [-0.3, -0.25) is 0 Å². The topological polar surface area (TPSA) is 77.8 Å². The molecule has 0 aliphatic heterocycles. The SMILES string of the molecule is Cc1nsc(N)c1-c1nc(-c2cccc(Br)c2)no1. The van der Waals surface area contributed by atoms with Gasteiger partial charge >= 0.3 is 0 Å². The molecule has 3 aromatic rings. The highest BCUT2D eigenvalue weighted by atomic mass is 79.9. The van der Waals surface area contributed by atoms with E-state index in [4.69, 9.17) is 10.3 Å². The molecule has 0 amide bonds.